The van der Waals surface area contributed by atoms with Crippen LogP contribution in [0.2, 0.25) is 15.1 Å². The molecular weight excluding hydrogens is 381 g/mol. The minimum atomic E-state index is -0.464. The van der Waals surface area contributed by atoms with Gasteiger partial charge in [0.25, 0.3) is 0 Å². The molecule has 2 heterocycles. The van der Waals surface area contributed by atoms with E-state index in [1.54, 1.807) is 17.1 Å². The summed E-state index contributed by atoms with van der Waals surface area (Å²) in [4.78, 5) is 3.99. The third-order valence-corrected chi connectivity index (χ3v) is 5.27. The molecule has 0 aliphatic carbocycles. The topological polar surface area (TPSA) is 43.2 Å². The first-order valence-corrected chi connectivity index (χ1v) is 8.93. The Balaban J connectivity index is 1.66. The van der Waals surface area contributed by atoms with Gasteiger partial charge in [0.2, 0.25) is 0 Å². The van der Waals surface area contributed by atoms with Crippen LogP contribution in [0.5, 0.6) is 0 Å². The predicted molar refractivity (Wildman–Crippen MR) is 98.1 cm³/mol. The molecule has 1 saturated heterocycles. The van der Waals surface area contributed by atoms with Crippen molar-refractivity contribution in [1.82, 2.24) is 14.8 Å². The first-order chi connectivity index (χ1) is 12.1. The second kappa shape index (κ2) is 6.61. The Morgan fingerprint density at radius 2 is 1.80 bits per heavy atom. The highest BCUT2D eigenvalue weighted by Crippen LogP contribution is 2.60. The summed E-state index contributed by atoms with van der Waals surface area (Å²) in [6.45, 7) is 0.685. The molecule has 3 aromatic rings. The maximum absolute atomic E-state index is 6.39. The first-order valence-electron chi connectivity index (χ1n) is 7.80. The summed E-state index contributed by atoms with van der Waals surface area (Å²) >= 11 is 18.4. The standard InChI is InChI=1S/C18H14Cl3N3O/c19-13-3-1-12(2-4-13)18(7-8-24-11-22-10-23-24)17(25-18)15-6-5-14(20)9-16(15)21/h1-6,9-11,17H,7-8H2. The molecule has 1 fully saturated rings. The van der Waals surface area contributed by atoms with Crippen LogP contribution in [-0.2, 0) is 16.9 Å². The zero-order valence-electron chi connectivity index (χ0n) is 13.1. The van der Waals surface area contributed by atoms with Crippen molar-refractivity contribution >= 4 is 34.8 Å². The van der Waals surface area contributed by atoms with E-state index in [0.29, 0.717) is 21.6 Å². The van der Waals surface area contributed by atoms with Gasteiger partial charge in [0.15, 0.2) is 0 Å². The summed E-state index contributed by atoms with van der Waals surface area (Å²) in [5.74, 6) is 0. The van der Waals surface area contributed by atoms with E-state index in [4.69, 9.17) is 39.5 Å². The predicted octanol–water partition coefficient (Wildman–Crippen LogP) is 5.30. The molecule has 7 heteroatoms. The lowest BCUT2D eigenvalue weighted by Gasteiger charge is -2.14. The summed E-state index contributed by atoms with van der Waals surface area (Å²) in [7, 11) is 0. The van der Waals surface area contributed by atoms with E-state index in [1.165, 1.54) is 6.33 Å². The molecule has 4 rings (SSSR count). The van der Waals surface area contributed by atoms with Crippen molar-refractivity contribution in [3.05, 3.63) is 81.3 Å². The van der Waals surface area contributed by atoms with Gasteiger partial charge in [-0.15, -0.1) is 0 Å². The maximum atomic E-state index is 6.39. The van der Waals surface area contributed by atoms with Gasteiger partial charge >= 0.3 is 0 Å². The van der Waals surface area contributed by atoms with Gasteiger partial charge < -0.3 is 4.74 Å². The van der Waals surface area contributed by atoms with Crippen molar-refractivity contribution in [1.29, 1.82) is 0 Å². The smallest absolute Gasteiger partial charge is 0.137 e. The number of epoxide rings is 1. The highest BCUT2D eigenvalue weighted by atomic mass is 35.5. The molecule has 2 unspecified atom stereocenters. The number of aryl methyl sites for hydroxylation is 1. The summed E-state index contributed by atoms with van der Waals surface area (Å²) < 4.78 is 8.00. The average molecular weight is 395 g/mol. The van der Waals surface area contributed by atoms with Gasteiger partial charge in [-0.3, -0.25) is 4.68 Å². The zero-order chi connectivity index (χ0) is 17.4. The summed E-state index contributed by atoms with van der Waals surface area (Å²) in [5.41, 5.74) is 1.53. The Hall–Kier alpha value is -1.59. The lowest BCUT2D eigenvalue weighted by molar-refractivity contribution is 0.271. The van der Waals surface area contributed by atoms with E-state index in [0.717, 1.165) is 17.5 Å². The van der Waals surface area contributed by atoms with E-state index < -0.39 is 5.60 Å². The van der Waals surface area contributed by atoms with Gasteiger partial charge in [-0.1, -0.05) is 53.0 Å². The first kappa shape index (κ1) is 16.9. The zero-order valence-corrected chi connectivity index (χ0v) is 15.3. The molecule has 4 nitrogen and oxygen atoms in total. The van der Waals surface area contributed by atoms with Gasteiger partial charge in [-0.05, 0) is 29.8 Å². The Labute approximate surface area is 160 Å². The van der Waals surface area contributed by atoms with Gasteiger partial charge in [0, 0.05) is 33.6 Å². The number of ether oxygens (including phenoxy) is 1. The number of aromatic nitrogens is 3. The van der Waals surface area contributed by atoms with Crippen molar-refractivity contribution < 1.29 is 4.74 Å². The molecule has 0 bridgehead atoms. The van der Waals surface area contributed by atoms with Crippen LogP contribution in [0.4, 0.5) is 0 Å². The molecule has 128 valence electrons. The highest BCUT2D eigenvalue weighted by molar-refractivity contribution is 6.35. The normalized spacial score (nSPS) is 22.1. The number of hydrogen-bond donors (Lipinski definition) is 0. The molecular formula is C18H14Cl3N3O. The van der Waals surface area contributed by atoms with Crippen molar-refractivity contribution in [3.8, 4) is 0 Å². The van der Waals surface area contributed by atoms with Crippen LogP contribution >= 0.6 is 34.8 Å². The van der Waals surface area contributed by atoms with Crippen LogP contribution in [0.1, 0.15) is 23.7 Å². The fourth-order valence-corrected chi connectivity index (χ4v) is 3.75. The number of hydrogen-bond acceptors (Lipinski definition) is 3. The third-order valence-electron chi connectivity index (χ3n) is 4.45. The quantitative estimate of drug-likeness (QED) is 0.552. The molecule has 0 amide bonds. The van der Waals surface area contributed by atoms with Gasteiger partial charge in [-0.25, -0.2) is 4.98 Å². The molecule has 2 aromatic carbocycles. The molecule has 0 radical (unpaired) electrons. The Kier molecular flexibility index (Phi) is 4.46. The molecule has 2 atom stereocenters. The lowest BCUT2D eigenvalue weighted by Crippen LogP contribution is -2.14. The minimum Gasteiger partial charge on any atom is -0.356 e. The average Bonchev–Trinajstić information content (AvgIpc) is 3.07. The van der Waals surface area contributed by atoms with Crippen LogP contribution in [0.25, 0.3) is 0 Å². The molecule has 25 heavy (non-hydrogen) atoms. The minimum absolute atomic E-state index is 0.137. The fraction of sp³-hybridized carbons (Fsp3) is 0.222. The lowest BCUT2D eigenvalue weighted by atomic mass is 9.89. The monoisotopic (exact) mass is 393 g/mol. The van der Waals surface area contributed by atoms with Crippen molar-refractivity contribution in [2.24, 2.45) is 0 Å². The van der Waals surface area contributed by atoms with E-state index in [-0.39, 0.29) is 6.10 Å². The molecule has 0 saturated carbocycles. The molecule has 1 aliphatic heterocycles. The molecule has 0 spiro atoms. The number of nitrogens with zero attached hydrogens (tertiary/aromatic N) is 3. The Morgan fingerprint density at radius 1 is 1.04 bits per heavy atom. The van der Waals surface area contributed by atoms with Gasteiger partial charge in [-0.2, -0.15) is 5.10 Å². The van der Waals surface area contributed by atoms with Crippen LogP contribution in [0, 0.1) is 0 Å². The van der Waals surface area contributed by atoms with Crippen molar-refractivity contribution in [2.75, 3.05) is 0 Å². The number of benzene rings is 2. The van der Waals surface area contributed by atoms with Gasteiger partial charge in [0.05, 0.1) is 0 Å². The maximum Gasteiger partial charge on any atom is 0.137 e. The van der Waals surface area contributed by atoms with E-state index in [2.05, 4.69) is 10.1 Å². The number of halogens is 3. The molecule has 1 aromatic heterocycles. The fourth-order valence-electron chi connectivity index (χ4n) is 3.12. The molecule has 0 N–H and O–H groups in total. The Morgan fingerprint density at radius 3 is 2.48 bits per heavy atom. The number of rotatable bonds is 5. The van der Waals surface area contributed by atoms with Crippen molar-refractivity contribution in [2.45, 2.75) is 24.7 Å². The second-order valence-corrected chi connectivity index (χ2v) is 7.25. The Bertz CT molecular complexity index is 883. The molecule has 1 aliphatic rings. The summed E-state index contributed by atoms with van der Waals surface area (Å²) in [6, 6.07) is 13.2. The van der Waals surface area contributed by atoms with E-state index in [9.17, 15) is 0 Å². The SMILES string of the molecule is Clc1ccc(C2(CCn3cncn3)OC2c2ccc(Cl)cc2Cl)cc1. The second-order valence-electron chi connectivity index (χ2n) is 5.97. The summed E-state index contributed by atoms with van der Waals surface area (Å²) in [5, 5.41) is 6.07. The van der Waals surface area contributed by atoms with Gasteiger partial charge in [0.1, 0.15) is 24.4 Å². The van der Waals surface area contributed by atoms with Crippen LogP contribution in [-0.4, -0.2) is 14.8 Å². The van der Waals surface area contributed by atoms with Crippen LogP contribution in [0.15, 0.2) is 55.1 Å². The van der Waals surface area contributed by atoms with Crippen LogP contribution in [0.3, 0.4) is 0 Å². The van der Waals surface area contributed by atoms with Crippen molar-refractivity contribution in [3.63, 3.8) is 0 Å². The van der Waals surface area contributed by atoms with E-state index >= 15 is 0 Å². The highest BCUT2D eigenvalue weighted by Gasteiger charge is 2.58. The summed E-state index contributed by atoms with van der Waals surface area (Å²) in [6.07, 6.45) is 3.82. The third kappa shape index (κ3) is 3.27. The van der Waals surface area contributed by atoms with E-state index in [1.807, 2.05) is 36.4 Å². The largest absolute Gasteiger partial charge is 0.356 e. The van der Waals surface area contributed by atoms with Crippen LogP contribution < -0.4 is 0 Å².